The van der Waals surface area contributed by atoms with Crippen LogP contribution in [0.3, 0.4) is 0 Å². The summed E-state index contributed by atoms with van der Waals surface area (Å²) >= 11 is 0. The monoisotopic (exact) mass is 321 g/mol. The molecule has 0 fully saturated rings. The number of hydrogen-bond donors (Lipinski definition) is 1. The molecule has 2 aromatic rings. The van der Waals surface area contributed by atoms with Crippen LogP contribution in [0.25, 0.3) is 0 Å². The SMILES string of the molecule is COc1nc(C)c(NS(=O)(=O)Cc2ccc(C)cc2)c(C)n1. The third-order valence-corrected chi connectivity index (χ3v) is 4.40. The average molecular weight is 321 g/mol. The first-order valence-electron chi connectivity index (χ1n) is 6.76. The summed E-state index contributed by atoms with van der Waals surface area (Å²) < 4.78 is 32.2. The van der Waals surface area contributed by atoms with Gasteiger partial charge in [-0.25, -0.2) is 8.42 Å². The molecule has 1 N–H and O–H groups in total. The Morgan fingerprint density at radius 3 is 2.09 bits per heavy atom. The van der Waals surface area contributed by atoms with E-state index in [1.807, 2.05) is 19.1 Å². The van der Waals surface area contributed by atoms with E-state index in [9.17, 15) is 8.42 Å². The van der Waals surface area contributed by atoms with E-state index >= 15 is 0 Å². The normalized spacial score (nSPS) is 11.3. The highest BCUT2D eigenvalue weighted by molar-refractivity contribution is 7.91. The van der Waals surface area contributed by atoms with E-state index in [-0.39, 0.29) is 11.8 Å². The number of nitrogens with one attached hydrogen (secondary N) is 1. The van der Waals surface area contributed by atoms with Crippen molar-refractivity contribution < 1.29 is 13.2 Å². The molecule has 2 rings (SSSR count). The Morgan fingerprint density at radius 1 is 1.05 bits per heavy atom. The smallest absolute Gasteiger partial charge is 0.316 e. The molecule has 118 valence electrons. The Hall–Kier alpha value is -2.15. The Morgan fingerprint density at radius 2 is 1.59 bits per heavy atom. The van der Waals surface area contributed by atoms with E-state index < -0.39 is 10.0 Å². The van der Waals surface area contributed by atoms with Gasteiger partial charge in [-0.15, -0.1) is 0 Å². The summed E-state index contributed by atoms with van der Waals surface area (Å²) in [6, 6.07) is 7.60. The lowest BCUT2D eigenvalue weighted by Gasteiger charge is -2.13. The number of benzene rings is 1. The molecule has 0 saturated carbocycles. The van der Waals surface area contributed by atoms with Gasteiger partial charge in [-0.05, 0) is 26.3 Å². The van der Waals surface area contributed by atoms with E-state index in [0.717, 1.165) is 11.1 Å². The number of hydrogen-bond acceptors (Lipinski definition) is 5. The van der Waals surface area contributed by atoms with Crippen LogP contribution in [-0.4, -0.2) is 25.5 Å². The molecule has 0 aliphatic heterocycles. The zero-order valence-corrected chi connectivity index (χ0v) is 13.9. The van der Waals surface area contributed by atoms with Gasteiger partial charge in [0, 0.05) is 0 Å². The third kappa shape index (κ3) is 3.94. The summed E-state index contributed by atoms with van der Waals surface area (Å²) in [5, 5.41) is 0. The number of nitrogens with zero attached hydrogens (tertiary/aromatic N) is 2. The highest BCUT2D eigenvalue weighted by atomic mass is 32.2. The van der Waals surface area contributed by atoms with Crippen LogP contribution in [0.1, 0.15) is 22.5 Å². The quantitative estimate of drug-likeness (QED) is 0.914. The minimum Gasteiger partial charge on any atom is -0.467 e. The summed E-state index contributed by atoms with van der Waals surface area (Å²) in [5.74, 6) is -0.0990. The Kier molecular flexibility index (Phi) is 4.65. The first-order chi connectivity index (χ1) is 10.3. The van der Waals surface area contributed by atoms with Crippen molar-refractivity contribution in [1.29, 1.82) is 0 Å². The van der Waals surface area contributed by atoms with Crippen molar-refractivity contribution in [2.24, 2.45) is 0 Å². The largest absolute Gasteiger partial charge is 0.467 e. The van der Waals surface area contributed by atoms with Crippen LogP contribution in [0.15, 0.2) is 24.3 Å². The fraction of sp³-hybridized carbons (Fsp3) is 0.333. The molecule has 0 atom stereocenters. The molecule has 22 heavy (non-hydrogen) atoms. The average Bonchev–Trinajstić information content (AvgIpc) is 2.45. The Balaban J connectivity index is 2.23. The second-order valence-corrected chi connectivity index (χ2v) is 6.83. The molecular weight excluding hydrogens is 302 g/mol. The summed E-state index contributed by atoms with van der Waals surface area (Å²) in [6.07, 6.45) is 0. The van der Waals surface area contributed by atoms with Crippen molar-refractivity contribution in [2.45, 2.75) is 26.5 Å². The number of sulfonamides is 1. The van der Waals surface area contributed by atoms with E-state index in [1.54, 1.807) is 26.0 Å². The predicted molar refractivity (Wildman–Crippen MR) is 85.5 cm³/mol. The molecule has 0 spiro atoms. The maximum atomic E-state index is 12.3. The lowest BCUT2D eigenvalue weighted by molar-refractivity contribution is 0.378. The molecule has 1 aromatic heterocycles. The van der Waals surface area contributed by atoms with E-state index in [1.165, 1.54) is 7.11 Å². The summed E-state index contributed by atoms with van der Waals surface area (Å²) in [4.78, 5) is 8.19. The van der Waals surface area contributed by atoms with Gasteiger partial charge in [0.1, 0.15) is 0 Å². The summed E-state index contributed by atoms with van der Waals surface area (Å²) in [5.41, 5.74) is 3.26. The van der Waals surface area contributed by atoms with Crippen LogP contribution in [-0.2, 0) is 15.8 Å². The maximum Gasteiger partial charge on any atom is 0.316 e. The molecule has 7 heteroatoms. The van der Waals surface area contributed by atoms with Crippen LogP contribution in [0.2, 0.25) is 0 Å². The number of aryl methyl sites for hydroxylation is 3. The summed E-state index contributed by atoms with van der Waals surface area (Å²) in [6.45, 7) is 5.37. The van der Waals surface area contributed by atoms with E-state index in [4.69, 9.17) is 4.74 Å². The van der Waals surface area contributed by atoms with E-state index in [0.29, 0.717) is 17.1 Å². The molecule has 0 unspecified atom stereocenters. The lowest BCUT2D eigenvalue weighted by Crippen LogP contribution is -2.17. The van der Waals surface area contributed by atoms with Gasteiger partial charge in [-0.2, -0.15) is 9.97 Å². The molecular formula is C15H19N3O3S. The third-order valence-electron chi connectivity index (χ3n) is 3.17. The number of rotatable bonds is 5. The van der Waals surface area contributed by atoms with Crippen LogP contribution in [0.5, 0.6) is 6.01 Å². The number of aromatic nitrogens is 2. The molecule has 1 heterocycles. The second kappa shape index (κ2) is 6.31. The number of ether oxygens (including phenoxy) is 1. The highest BCUT2D eigenvalue weighted by Crippen LogP contribution is 2.21. The second-order valence-electron chi connectivity index (χ2n) is 5.10. The van der Waals surface area contributed by atoms with Gasteiger partial charge in [-0.3, -0.25) is 4.72 Å². The van der Waals surface area contributed by atoms with Crippen molar-refractivity contribution >= 4 is 15.7 Å². The van der Waals surface area contributed by atoms with Gasteiger partial charge in [0.05, 0.1) is 29.9 Å². The van der Waals surface area contributed by atoms with Gasteiger partial charge in [0.25, 0.3) is 0 Å². The predicted octanol–water partition coefficient (Wildman–Crippen LogP) is 2.35. The van der Waals surface area contributed by atoms with Gasteiger partial charge in [0.2, 0.25) is 10.0 Å². The van der Waals surface area contributed by atoms with Crippen molar-refractivity contribution in [3.05, 3.63) is 46.8 Å². The molecule has 0 aliphatic rings. The number of anilines is 1. The molecule has 6 nitrogen and oxygen atoms in total. The van der Waals surface area contributed by atoms with Crippen LogP contribution < -0.4 is 9.46 Å². The van der Waals surface area contributed by atoms with Crippen LogP contribution in [0.4, 0.5) is 5.69 Å². The van der Waals surface area contributed by atoms with Crippen LogP contribution in [0, 0.1) is 20.8 Å². The zero-order valence-electron chi connectivity index (χ0n) is 13.0. The molecule has 0 bridgehead atoms. The molecule has 1 aromatic carbocycles. The molecule has 0 radical (unpaired) electrons. The minimum atomic E-state index is -3.54. The minimum absolute atomic E-state index is 0.0990. The van der Waals surface area contributed by atoms with Gasteiger partial charge < -0.3 is 4.74 Å². The molecule has 0 amide bonds. The Bertz CT molecular complexity index is 748. The fourth-order valence-corrected chi connectivity index (χ4v) is 3.33. The van der Waals surface area contributed by atoms with Crippen molar-refractivity contribution in [1.82, 2.24) is 9.97 Å². The molecule has 0 saturated heterocycles. The van der Waals surface area contributed by atoms with Crippen molar-refractivity contribution in [3.8, 4) is 6.01 Å². The van der Waals surface area contributed by atoms with Gasteiger partial charge in [0.15, 0.2) is 0 Å². The first kappa shape index (κ1) is 16.2. The highest BCUT2D eigenvalue weighted by Gasteiger charge is 2.17. The Labute approximate surface area is 130 Å². The topological polar surface area (TPSA) is 81.2 Å². The zero-order chi connectivity index (χ0) is 16.3. The fourth-order valence-electron chi connectivity index (χ4n) is 2.02. The first-order valence-corrected chi connectivity index (χ1v) is 8.41. The number of methoxy groups -OCH3 is 1. The van der Waals surface area contributed by atoms with E-state index in [2.05, 4.69) is 14.7 Å². The maximum absolute atomic E-state index is 12.3. The lowest BCUT2D eigenvalue weighted by atomic mass is 10.2. The standard InChI is InChI=1S/C15H19N3O3S/c1-10-5-7-13(8-6-10)9-22(19,20)18-14-11(2)16-15(21-4)17-12(14)3/h5-8,18H,9H2,1-4H3. The molecule has 0 aliphatic carbocycles. The van der Waals surface area contributed by atoms with Crippen LogP contribution >= 0.6 is 0 Å². The van der Waals surface area contributed by atoms with Gasteiger partial charge in [-0.1, -0.05) is 29.8 Å². The van der Waals surface area contributed by atoms with Gasteiger partial charge >= 0.3 is 6.01 Å². The van der Waals surface area contributed by atoms with Crippen molar-refractivity contribution in [2.75, 3.05) is 11.8 Å². The summed E-state index contributed by atoms with van der Waals surface area (Å²) in [7, 11) is -2.07. The van der Waals surface area contributed by atoms with Crippen molar-refractivity contribution in [3.63, 3.8) is 0 Å².